The number of benzene rings is 2. The fourth-order valence-corrected chi connectivity index (χ4v) is 2.94. The van der Waals surface area contributed by atoms with Crippen LogP contribution in [-0.2, 0) is 6.54 Å². The van der Waals surface area contributed by atoms with E-state index in [1.807, 2.05) is 61.5 Å². The van der Waals surface area contributed by atoms with Crippen molar-refractivity contribution in [2.24, 2.45) is 5.92 Å². The average molecular weight is 324 g/mol. The SMILES string of the molecule is Cc1ccc(NC(=O)N(Cc2ccccc2)C(CO)C2CC2)cc1. The Kier molecular flexibility index (Phi) is 5.16. The molecule has 2 aromatic rings. The van der Waals surface area contributed by atoms with Crippen LogP contribution in [0.2, 0.25) is 0 Å². The van der Waals surface area contributed by atoms with Gasteiger partial charge in [-0.2, -0.15) is 0 Å². The van der Waals surface area contributed by atoms with Gasteiger partial charge in [0.15, 0.2) is 0 Å². The summed E-state index contributed by atoms with van der Waals surface area (Å²) in [4.78, 5) is 14.6. The maximum absolute atomic E-state index is 12.8. The molecule has 2 aromatic carbocycles. The van der Waals surface area contributed by atoms with Crippen LogP contribution in [0.25, 0.3) is 0 Å². The van der Waals surface area contributed by atoms with Crippen molar-refractivity contribution in [2.75, 3.05) is 11.9 Å². The molecular formula is C20H24N2O2. The van der Waals surface area contributed by atoms with E-state index >= 15 is 0 Å². The Morgan fingerprint density at radius 1 is 1.17 bits per heavy atom. The number of anilines is 1. The van der Waals surface area contributed by atoms with Crippen molar-refractivity contribution >= 4 is 11.7 Å². The molecule has 0 spiro atoms. The van der Waals surface area contributed by atoms with Crippen LogP contribution in [0.4, 0.5) is 10.5 Å². The van der Waals surface area contributed by atoms with Gasteiger partial charge >= 0.3 is 6.03 Å². The van der Waals surface area contributed by atoms with Crippen LogP contribution in [0.15, 0.2) is 54.6 Å². The van der Waals surface area contributed by atoms with Crippen LogP contribution >= 0.6 is 0 Å². The molecule has 126 valence electrons. The second-order valence-corrected chi connectivity index (χ2v) is 6.50. The molecule has 0 radical (unpaired) electrons. The number of hydrogen-bond donors (Lipinski definition) is 2. The maximum atomic E-state index is 12.8. The lowest BCUT2D eigenvalue weighted by Crippen LogP contribution is -2.45. The highest BCUT2D eigenvalue weighted by Crippen LogP contribution is 2.36. The van der Waals surface area contributed by atoms with Crippen LogP contribution in [0, 0.1) is 12.8 Å². The van der Waals surface area contributed by atoms with Gasteiger partial charge in [0.05, 0.1) is 12.6 Å². The van der Waals surface area contributed by atoms with E-state index in [1.54, 1.807) is 4.90 Å². The van der Waals surface area contributed by atoms with Crippen molar-refractivity contribution in [1.82, 2.24) is 4.90 Å². The van der Waals surface area contributed by atoms with Crippen LogP contribution in [0.1, 0.15) is 24.0 Å². The largest absolute Gasteiger partial charge is 0.394 e. The molecule has 1 aliphatic rings. The van der Waals surface area contributed by atoms with Gasteiger partial charge in [-0.25, -0.2) is 4.79 Å². The first-order valence-corrected chi connectivity index (χ1v) is 8.46. The van der Waals surface area contributed by atoms with E-state index in [0.717, 1.165) is 29.7 Å². The summed E-state index contributed by atoms with van der Waals surface area (Å²) in [6, 6.07) is 17.4. The highest BCUT2D eigenvalue weighted by atomic mass is 16.3. The standard InChI is InChI=1S/C20H24N2O2/c1-15-7-11-18(12-8-15)21-20(24)22(19(14-23)17-9-10-17)13-16-5-3-2-4-6-16/h2-8,11-12,17,19,23H,9-10,13-14H2,1H3,(H,21,24). The Hall–Kier alpha value is -2.33. The lowest BCUT2D eigenvalue weighted by molar-refractivity contribution is 0.124. The van der Waals surface area contributed by atoms with Gasteiger partial charge in [-0.3, -0.25) is 0 Å². The number of nitrogens with one attached hydrogen (secondary N) is 1. The third-order valence-corrected chi connectivity index (χ3v) is 4.51. The summed E-state index contributed by atoms with van der Waals surface area (Å²) in [5.41, 5.74) is 2.99. The van der Waals surface area contributed by atoms with Crippen molar-refractivity contribution in [3.63, 3.8) is 0 Å². The Balaban J connectivity index is 1.77. The molecule has 2 amide bonds. The summed E-state index contributed by atoms with van der Waals surface area (Å²) >= 11 is 0. The van der Waals surface area contributed by atoms with E-state index in [0.29, 0.717) is 12.5 Å². The number of aryl methyl sites for hydroxylation is 1. The fourth-order valence-electron chi connectivity index (χ4n) is 2.94. The van der Waals surface area contributed by atoms with E-state index in [1.165, 1.54) is 0 Å². The number of hydrogen-bond acceptors (Lipinski definition) is 2. The van der Waals surface area contributed by atoms with Gasteiger partial charge in [-0.15, -0.1) is 0 Å². The molecule has 1 aliphatic carbocycles. The molecule has 0 aromatic heterocycles. The average Bonchev–Trinajstić information content (AvgIpc) is 3.42. The molecule has 0 bridgehead atoms. The summed E-state index contributed by atoms with van der Waals surface area (Å²) in [5, 5.41) is 12.8. The van der Waals surface area contributed by atoms with Crippen molar-refractivity contribution in [2.45, 2.75) is 32.4 Å². The Bertz CT molecular complexity index is 666. The number of urea groups is 1. The number of carbonyl (C=O) groups is 1. The zero-order valence-corrected chi connectivity index (χ0v) is 14.0. The van der Waals surface area contributed by atoms with E-state index in [2.05, 4.69) is 5.32 Å². The predicted molar refractivity (Wildman–Crippen MR) is 95.8 cm³/mol. The first kappa shape index (κ1) is 16.5. The summed E-state index contributed by atoms with van der Waals surface area (Å²) in [5.74, 6) is 0.405. The van der Waals surface area contributed by atoms with Crippen LogP contribution in [0.5, 0.6) is 0 Å². The van der Waals surface area contributed by atoms with Gasteiger partial charge in [0, 0.05) is 12.2 Å². The molecule has 3 rings (SSSR count). The van der Waals surface area contributed by atoms with Crippen molar-refractivity contribution in [3.8, 4) is 0 Å². The van der Waals surface area contributed by atoms with Gasteiger partial charge in [0.25, 0.3) is 0 Å². The Morgan fingerprint density at radius 2 is 1.83 bits per heavy atom. The van der Waals surface area contributed by atoms with Gasteiger partial charge in [0.1, 0.15) is 0 Å². The van der Waals surface area contributed by atoms with E-state index in [-0.39, 0.29) is 18.7 Å². The summed E-state index contributed by atoms with van der Waals surface area (Å²) < 4.78 is 0. The molecule has 1 unspecified atom stereocenters. The summed E-state index contributed by atoms with van der Waals surface area (Å²) in [6.45, 7) is 2.52. The quantitative estimate of drug-likeness (QED) is 0.849. The second kappa shape index (κ2) is 7.49. The lowest BCUT2D eigenvalue weighted by Gasteiger charge is -2.31. The van der Waals surface area contributed by atoms with E-state index in [9.17, 15) is 9.90 Å². The molecule has 0 heterocycles. The molecule has 0 saturated heterocycles. The highest BCUT2D eigenvalue weighted by molar-refractivity contribution is 5.89. The normalized spacial score (nSPS) is 14.9. The van der Waals surface area contributed by atoms with Gasteiger partial charge < -0.3 is 15.3 Å². The van der Waals surface area contributed by atoms with Crippen molar-refractivity contribution in [1.29, 1.82) is 0 Å². The maximum Gasteiger partial charge on any atom is 0.322 e. The van der Waals surface area contributed by atoms with Gasteiger partial charge in [-0.1, -0.05) is 48.0 Å². The molecule has 1 fully saturated rings. The zero-order chi connectivity index (χ0) is 16.9. The smallest absolute Gasteiger partial charge is 0.322 e. The monoisotopic (exact) mass is 324 g/mol. The second-order valence-electron chi connectivity index (χ2n) is 6.50. The third-order valence-electron chi connectivity index (χ3n) is 4.51. The number of aliphatic hydroxyl groups is 1. The minimum absolute atomic E-state index is 0.00117. The van der Waals surface area contributed by atoms with E-state index in [4.69, 9.17) is 0 Å². The van der Waals surface area contributed by atoms with Crippen molar-refractivity contribution < 1.29 is 9.90 Å². The molecule has 4 heteroatoms. The topological polar surface area (TPSA) is 52.6 Å². The third kappa shape index (κ3) is 4.15. The first-order valence-electron chi connectivity index (χ1n) is 8.46. The van der Waals surface area contributed by atoms with Crippen molar-refractivity contribution in [3.05, 3.63) is 65.7 Å². The summed E-state index contributed by atoms with van der Waals surface area (Å²) in [6.07, 6.45) is 2.16. The fraction of sp³-hybridized carbons (Fsp3) is 0.350. The minimum atomic E-state index is -0.159. The number of amides is 2. The number of nitrogens with zero attached hydrogens (tertiary/aromatic N) is 1. The molecule has 1 saturated carbocycles. The van der Waals surface area contributed by atoms with Gasteiger partial charge in [-0.05, 0) is 43.4 Å². The Labute approximate surface area is 143 Å². The number of rotatable bonds is 6. The molecule has 0 aliphatic heterocycles. The van der Waals surface area contributed by atoms with E-state index < -0.39 is 0 Å². The first-order chi connectivity index (χ1) is 11.7. The highest BCUT2D eigenvalue weighted by Gasteiger charge is 2.37. The molecule has 24 heavy (non-hydrogen) atoms. The van der Waals surface area contributed by atoms with Crippen LogP contribution in [0.3, 0.4) is 0 Å². The minimum Gasteiger partial charge on any atom is -0.394 e. The molecular weight excluding hydrogens is 300 g/mol. The van der Waals surface area contributed by atoms with Gasteiger partial charge in [0.2, 0.25) is 0 Å². The van der Waals surface area contributed by atoms with Crippen LogP contribution < -0.4 is 5.32 Å². The Morgan fingerprint density at radius 3 is 2.42 bits per heavy atom. The summed E-state index contributed by atoms with van der Waals surface area (Å²) in [7, 11) is 0. The molecule has 2 N–H and O–H groups in total. The molecule has 4 nitrogen and oxygen atoms in total. The number of carbonyl (C=O) groups excluding carboxylic acids is 1. The predicted octanol–water partition coefficient (Wildman–Crippen LogP) is 3.80. The lowest BCUT2D eigenvalue weighted by atomic mass is 10.1. The number of aliphatic hydroxyl groups excluding tert-OH is 1. The van der Waals surface area contributed by atoms with Crippen LogP contribution in [-0.4, -0.2) is 28.7 Å². The molecule has 1 atom stereocenters. The zero-order valence-electron chi connectivity index (χ0n) is 14.0.